The highest BCUT2D eigenvalue weighted by atomic mass is 32.1. The van der Waals surface area contributed by atoms with Crippen LogP contribution in [0.4, 0.5) is 0 Å². The zero-order valence-corrected chi connectivity index (χ0v) is 22.8. The molecule has 0 radical (unpaired) electrons. The predicted octanol–water partition coefficient (Wildman–Crippen LogP) is 5.02. The summed E-state index contributed by atoms with van der Waals surface area (Å²) in [5.41, 5.74) is 1.95. The Morgan fingerprint density at radius 3 is 2.42 bits per heavy atom. The Labute approximate surface area is 227 Å². The van der Waals surface area contributed by atoms with Crippen molar-refractivity contribution in [2.45, 2.75) is 44.6 Å². The molecule has 9 heteroatoms. The standard InChI is InChI=1S/C29H33N3O5S/c1-19(22-5-4-6-24(17-22)37-3)30-28(35)25-18-38-29(31-25)21-13-15-32(16-14-21)27(34)12-11-26(33)20-7-9-23(36-2)10-8-20/h4-10,17-19,21H,11-16H2,1-3H3,(H,30,35). The van der Waals surface area contributed by atoms with Gasteiger partial charge in [0.15, 0.2) is 5.78 Å². The third-order valence-corrected chi connectivity index (χ3v) is 7.88. The van der Waals surface area contributed by atoms with E-state index in [1.807, 2.05) is 36.1 Å². The fourth-order valence-electron chi connectivity index (χ4n) is 4.52. The fourth-order valence-corrected chi connectivity index (χ4v) is 5.49. The van der Waals surface area contributed by atoms with Crippen LogP contribution in [0.25, 0.3) is 0 Å². The minimum absolute atomic E-state index is 0.00366. The predicted molar refractivity (Wildman–Crippen MR) is 146 cm³/mol. The number of hydrogen-bond acceptors (Lipinski definition) is 7. The van der Waals surface area contributed by atoms with E-state index in [0.717, 1.165) is 29.2 Å². The first-order chi connectivity index (χ1) is 18.4. The second kappa shape index (κ2) is 12.7. The molecule has 3 aromatic rings. The summed E-state index contributed by atoms with van der Waals surface area (Å²) in [5, 5.41) is 5.72. The van der Waals surface area contributed by atoms with E-state index < -0.39 is 0 Å². The first kappa shape index (κ1) is 27.3. The van der Waals surface area contributed by atoms with Crippen molar-refractivity contribution in [3.05, 3.63) is 75.7 Å². The highest BCUT2D eigenvalue weighted by molar-refractivity contribution is 7.09. The zero-order valence-electron chi connectivity index (χ0n) is 21.9. The van der Waals surface area contributed by atoms with Gasteiger partial charge in [-0.25, -0.2) is 4.98 Å². The maximum absolute atomic E-state index is 12.8. The summed E-state index contributed by atoms with van der Waals surface area (Å²) < 4.78 is 10.4. The van der Waals surface area contributed by atoms with Gasteiger partial charge in [0.05, 0.1) is 25.3 Å². The third kappa shape index (κ3) is 6.77. The van der Waals surface area contributed by atoms with Gasteiger partial charge in [0.25, 0.3) is 5.91 Å². The number of ketones is 1. The van der Waals surface area contributed by atoms with Crippen LogP contribution >= 0.6 is 11.3 Å². The van der Waals surface area contributed by atoms with Gasteiger partial charge in [-0.15, -0.1) is 11.3 Å². The Morgan fingerprint density at radius 1 is 1.03 bits per heavy atom. The SMILES string of the molecule is COc1ccc(C(=O)CCC(=O)N2CCC(c3nc(C(=O)NC(C)c4cccc(OC)c4)cs3)CC2)cc1. The van der Waals surface area contributed by atoms with Crippen LogP contribution in [0.15, 0.2) is 53.9 Å². The smallest absolute Gasteiger partial charge is 0.271 e. The van der Waals surface area contributed by atoms with Gasteiger partial charge in [-0.2, -0.15) is 0 Å². The lowest BCUT2D eigenvalue weighted by Gasteiger charge is -2.31. The number of carbonyl (C=O) groups excluding carboxylic acids is 3. The molecule has 2 amide bonds. The van der Waals surface area contributed by atoms with Gasteiger partial charge >= 0.3 is 0 Å². The van der Waals surface area contributed by atoms with E-state index in [4.69, 9.17) is 9.47 Å². The van der Waals surface area contributed by atoms with Crippen LogP contribution in [0.3, 0.4) is 0 Å². The molecule has 1 fully saturated rings. The molecule has 2 heterocycles. The second-order valence-corrected chi connectivity index (χ2v) is 10.2. The summed E-state index contributed by atoms with van der Waals surface area (Å²) in [7, 11) is 3.19. The first-order valence-electron chi connectivity index (χ1n) is 12.7. The first-order valence-corrected chi connectivity index (χ1v) is 13.6. The fraction of sp³-hybridized carbons (Fsp3) is 0.379. The molecule has 1 saturated heterocycles. The van der Waals surface area contributed by atoms with E-state index >= 15 is 0 Å². The molecule has 0 spiro atoms. The van der Waals surface area contributed by atoms with Crippen molar-refractivity contribution in [3.8, 4) is 11.5 Å². The van der Waals surface area contributed by atoms with Crippen molar-refractivity contribution >= 4 is 28.9 Å². The molecule has 1 aromatic heterocycles. The highest BCUT2D eigenvalue weighted by Gasteiger charge is 2.27. The minimum atomic E-state index is -0.211. The number of ether oxygens (including phenoxy) is 2. The number of carbonyl (C=O) groups is 3. The number of hydrogen-bond donors (Lipinski definition) is 1. The molecular weight excluding hydrogens is 502 g/mol. The number of amides is 2. The van der Waals surface area contributed by atoms with Crippen LogP contribution in [-0.2, 0) is 4.79 Å². The van der Waals surface area contributed by atoms with Crippen molar-refractivity contribution in [1.82, 2.24) is 15.2 Å². The molecule has 8 nitrogen and oxygen atoms in total. The van der Waals surface area contributed by atoms with E-state index in [1.165, 1.54) is 11.3 Å². The van der Waals surface area contributed by atoms with Gasteiger partial charge in [-0.1, -0.05) is 12.1 Å². The monoisotopic (exact) mass is 535 g/mol. The Balaban J connectivity index is 1.24. The molecular formula is C29H33N3O5S. The normalized spacial score (nSPS) is 14.6. The van der Waals surface area contributed by atoms with E-state index in [9.17, 15) is 14.4 Å². The van der Waals surface area contributed by atoms with E-state index in [2.05, 4.69) is 10.3 Å². The topological polar surface area (TPSA) is 97.8 Å². The lowest BCUT2D eigenvalue weighted by molar-refractivity contribution is -0.132. The molecule has 2 aromatic carbocycles. The van der Waals surface area contributed by atoms with Crippen molar-refractivity contribution in [2.75, 3.05) is 27.3 Å². The third-order valence-electron chi connectivity index (χ3n) is 6.87. The zero-order chi connectivity index (χ0) is 27.1. The Hall–Kier alpha value is -3.72. The molecule has 0 aliphatic carbocycles. The largest absolute Gasteiger partial charge is 0.497 e. The van der Waals surface area contributed by atoms with Gasteiger partial charge in [0, 0.05) is 42.8 Å². The number of thiazole rings is 1. The van der Waals surface area contributed by atoms with Gasteiger partial charge in [0.2, 0.25) is 5.91 Å². The van der Waals surface area contributed by atoms with E-state index in [-0.39, 0.29) is 42.4 Å². The molecule has 38 heavy (non-hydrogen) atoms. The highest BCUT2D eigenvalue weighted by Crippen LogP contribution is 2.31. The van der Waals surface area contributed by atoms with Crippen molar-refractivity contribution in [2.24, 2.45) is 0 Å². The summed E-state index contributed by atoms with van der Waals surface area (Å²) >= 11 is 1.49. The van der Waals surface area contributed by atoms with E-state index in [0.29, 0.717) is 30.1 Å². The maximum atomic E-state index is 12.8. The summed E-state index contributed by atoms with van der Waals surface area (Å²) in [4.78, 5) is 44.4. The number of aromatic nitrogens is 1. The number of rotatable bonds is 10. The number of Topliss-reactive ketones (excluding diaryl/α,β-unsaturated/α-hetero) is 1. The van der Waals surface area contributed by atoms with Crippen molar-refractivity contribution < 1.29 is 23.9 Å². The Morgan fingerprint density at radius 2 is 1.74 bits per heavy atom. The molecule has 1 atom stereocenters. The number of nitrogens with one attached hydrogen (secondary N) is 1. The number of methoxy groups -OCH3 is 2. The van der Waals surface area contributed by atoms with Crippen molar-refractivity contribution in [3.63, 3.8) is 0 Å². The van der Waals surface area contributed by atoms with Crippen LogP contribution < -0.4 is 14.8 Å². The van der Waals surface area contributed by atoms with Gasteiger partial charge in [-0.3, -0.25) is 14.4 Å². The Kier molecular flexibility index (Phi) is 9.12. The van der Waals surface area contributed by atoms with Gasteiger partial charge in [0.1, 0.15) is 17.2 Å². The second-order valence-electron chi connectivity index (χ2n) is 9.35. The molecule has 1 N–H and O–H groups in total. The van der Waals surface area contributed by atoms with Crippen LogP contribution in [0.1, 0.15) is 76.0 Å². The maximum Gasteiger partial charge on any atom is 0.271 e. The van der Waals surface area contributed by atoms with Gasteiger partial charge in [-0.05, 0) is 61.7 Å². The minimum Gasteiger partial charge on any atom is -0.497 e. The molecule has 4 rings (SSSR count). The number of likely N-dealkylation sites (tertiary alicyclic amines) is 1. The number of benzene rings is 2. The average molecular weight is 536 g/mol. The van der Waals surface area contributed by atoms with E-state index in [1.54, 1.807) is 43.9 Å². The number of nitrogens with zero attached hydrogens (tertiary/aromatic N) is 2. The lowest BCUT2D eigenvalue weighted by Crippen LogP contribution is -2.38. The molecule has 0 bridgehead atoms. The summed E-state index contributed by atoms with van der Waals surface area (Å²) in [6, 6.07) is 14.4. The van der Waals surface area contributed by atoms with Crippen LogP contribution in [0, 0.1) is 0 Å². The van der Waals surface area contributed by atoms with Crippen LogP contribution in [-0.4, -0.2) is 54.8 Å². The summed E-state index contributed by atoms with van der Waals surface area (Å²) in [6.45, 7) is 3.17. The van der Waals surface area contributed by atoms with Crippen LogP contribution in [0.2, 0.25) is 0 Å². The number of piperidine rings is 1. The molecule has 1 aliphatic heterocycles. The molecule has 0 saturated carbocycles. The quantitative estimate of drug-likeness (QED) is 0.366. The molecule has 1 unspecified atom stereocenters. The average Bonchev–Trinajstić information content (AvgIpc) is 3.46. The Bertz CT molecular complexity index is 1270. The lowest BCUT2D eigenvalue weighted by atomic mass is 9.97. The molecule has 1 aliphatic rings. The molecule has 200 valence electrons. The van der Waals surface area contributed by atoms with Crippen LogP contribution in [0.5, 0.6) is 11.5 Å². The summed E-state index contributed by atoms with van der Waals surface area (Å²) in [6.07, 6.45) is 1.95. The van der Waals surface area contributed by atoms with Gasteiger partial charge < -0.3 is 19.7 Å². The van der Waals surface area contributed by atoms with Crippen molar-refractivity contribution in [1.29, 1.82) is 0 Å². The summed E-state index contributed by atoms with van der Waals surface area (Å²) in [5.74, 6) is 1.38.